The van der Waals surface area contributed by atoms with E-state index in [2.05, 4.69) is 9.97 Å². The van der Waals surface area contributed by atoms with Crippen LogP contribution in [0.15, 0.2) is 47.7 Å². The lowest BCUT2D eigenvalue weighted by atomic mass is 9.89. The topological polar surface area (TPSA) is 73.6 Å². The molecule has 1 aliphatic heterocycles. The minimum atomic E-state index is -0.434. The van der Waals surface area contributed by atoms with Crippen LogP contribution in [0.3, 0.4) is 0 Å². The first-order valence-corrected chi connectivity index (χ1v) is 7.33. The van der Waals surface area contributed by atoms with E-state index in [4.69, 9.17) is 16.3 Å². The van der Waals surface area contributed by atoms with Gasteiger partial charge < -0.3 is 4.74 Å². The van der Waals surface area contributed by atoms with E-state index in [-0.39, 0.29) is 17.9 Å². The third kappa shape index (κ3) is 2.27. The van der Waals surface area contributed by atoms with Gasteiger partial charge in [-0.1, -0.05) is 17.7 Å². The Bertz CT molecular complexity index is 985. The van der Waals surface area contributed by atoms with Gasteiger partial charge in [0, 0.05) is 24.5 Å². The highest BCUT2D eigenvalue weighted by Crippen LogP contribution is 2.35. The van der Waals surface area contributed by atoms with Gasteiger partial charge in [0.15, 0.2) is 0 Å². The molecule has 0 unspecified atom stereocenters. The summed E-state index contributed by atoms with van der Waals surface area (Å²) in [5.74, 6) is -0.796. The van der Waals surface area contributed by atoms with Gasteiger partial charge in [0.2, 0.25) is 5.88 Å². The molecule has 0 saturated heterocycles. The lowest BCUT2D eigenvalue weighted by molar-refractivity contribution is -0.135. The molecule has 0 bridgehead atoms. The molecule has 23 heavy (non-hydrogen) atoms. The standard InChI is InChI=1S/C16H10ClN3O3/c17-10-3-4-12-19-15-14(16(22)20(12)8-10)11(6-13(21)23-15)9-2-1-5-18-7-9/h1-5,7-8,11H,6H2/t11-/m1/s1. The summed E-state index contributed by atoms with van der Waals surface area (Å²) in [7, 11) is 0. The summed E-state index contributed by atoms with van der Waals surface area (Å²) in [5, 5.41) is 0.423. The molecule has 3 aromatic heterocycles. The zero-order valence-electron chi connectivity index (χ0n) is 11.8. The summed E-state index contributed by atoms with van der Waals surface area (Å²) in [4.78, 5) is 33.1. The molecule has 7 heteroatoms. The van der Waals surface area contributed by atoms with Crippen LogP contribution in [0, 0.1) is 0 Å². The van der Waals surface area contributed by atoms with Crippen molar-refractivity contribution in [3.8, 4) is 5.88 Å². The van der Waals surface area contributed by atoms with Gasteiger partial charge in [-0.25, -0.2) is 0 Å². The van der Waals surface area contributed by atoms with Crippen molar-refractivity contribution in [1.29, 1.82) is 0 Å². The molecule has 4 heterocycles. The molecule has 0 fully saturated rings. The van der Waals surface area contributed by atoms with Crippen molar-refractivity contribution < 1.29 is 9.53 Å². The number of hydrogen-bond donors (Lipinski definition) is 0. The Balaban J connectivity index is 2.02. The fraction of sp³-hybridized carbons (Fsp3) is 0.125. The van der Waals surface area contributed by atoms with Crippen LogP contribution in [0.4, 0.5) is 0 Å². The Kier molecular flexibility index (Phi) is 3.12. The number of hydrogen-bond acceptors (Lipinski definition) is 5. The van der Waals surface area contributed by atoms with E-state index < -0.39 is 11.9 Å². The monoisotopic (exact) mass is 327 g/mol. The zero-order chi connectivity index (χ0) is 16.0. The number of ether oxygens (including phenoxy) is 1. The van der Waals surface area contributed by atoms with E-state index in [0.29, 0.717) is 16.2 Å². The van der Waals surface area contributed by atoms with Gasteiger partial charge in [0.1, 0.15) is 5.65 Å². The van der Waals surface area contributed by atoms with Crippen molar-refractivity contribution in [3.63, 3.8) is 0 Å². The summed E-state index contributed by atoms with van der Waals surface area (Å²) < 4.78 is 6.55. The van der Waals surface area contributed by atoms with Gasteiger partial charge in [-0.3, -0.25) is 19.0 Å². The maximum absolute atomic E-state index is 12.9. The number of fused-ring (bicyclic) bond motifs is 2. The first-order valence-electron chi connectivity index (χ1n) is 6.96. The molecular formula is C16H10ClN3O3. The van der Waals surface area contributed by atoms with Gasteiger partial charge >= 0.3 is 5.97 Å². The molecule has 1 aliphatic rings. The van der Waals surface area contributed by atoms with Crippen molar-refractivity contribution in [2.45, 2.75) is 12.3 Å². The molecule has 114 valence electrons. The maximum Gasteiger partial charge on any atom is 0.313 e. The lowest BCUT2D eigenvalue weighted by Crippen LogP contribution is -2.31. The summed E-state index contributed by atoms with van der Waals surface area (Å²) in [5.41, 5.74) is 1.19. The maximum atomic E-state index is 12.9. The second kappa shape index (κ2) is 5.17. The van der Waals surface area contributed by atoms with Gasteiger partial charge in [0.05, 0.1) is 17.0 Å². The van der Waals surface area contributed by atoms with Crippen molar-refractivity contribution in [3.05, 3.63) is 69.4 Å². The molecule has 0 radical (unpaired) electrons. The Labute approximate surface area is 135 Å². The molecule has 0 spiro atoms. The SMILES string of the molecule is O=C1C[C@H](c2cccnc2)c2c(nc3ccc(Cl)cn3c2=O)O1. The third-order valence-electron chi connectivity index (χ3n) is 3.80. The second-order valence-corrected chi connectivity index (χ2v) is 5.66. The van der Waals surface area contributed by atoms with Crippen LogP contribution < -0.4 is 10.3 Å². The van der Waals surface area contributed by atoms with Crippen LogP contribution in [0.25, 0.3) is 5.65 Å². The van der Waals surface area contributed by atoms with E-state index in [1.807, 2.05) is 6.07 Å². The van der Waals surface area contributed by atoms with Gasteiger partial charge in [-0.05, 0) is 23.8 Å². The summed E-state index contributed by atoms with van der Waals surface area (Å²) >= 11 is 5.97. The normalized spacial score (nSPS) is 16.9. The Hall–Kier alpha value is -2.73. The smallest absolute Gasteiger partial charge is 0.313 e. The first-order chi connectivity index (χ1) is 11.1. The van der Waals surface area contributed by atoms with Crippen LogP contribution in [0.5, 0.6) is 5.88 Å². The van der Waals surface area contributed by atoms with Crippen molar-refractivity contribution in [2.24, 2.45) is 0 Å². The highest BCUT2D eigenvalue weighted by molar-refractivity contribution is 6.30. The predicted octanol–water partition coefficient (Wildman–Crippen LogP) is 2.18. The fourth-order valence-corrected chi connectivity index (χ4v) is 2.93. The van der Waals surface area contributed by atoms with Crippen molar-refractivity contribution in [1.82, 2.24) is 14.4 Å². The number of rotatable bonds is 1. The van der Waals surface area contributed by atoms with E-state index >= 15 is 0 Å². The Morgan fingerprint density at radius 2 is 2.13 bits per heavy atom. The molecule has 0 N–H and O–H groups in total. The van der Waals surface area contributed by atoms with E-state index in [1.54, 1.807) is 30.6 Å². The second-order valence-electron chi connectivity index (χ2n) is 5.23. The third-order valence-corrected chi connectivity index (χ3v) is 4.03. The molecule has 3 aromatic rings. The number of aromatic nitrogens is 3. The van der Waals surface area contributed by atoms with Gasteiger partial charge in [-0.15, -0.1) is 0 Å². The minimum Gasteiger partial charge on any atom is -0.407 e. The molecule has 1 atom stereocenters. The average molecular weight is 328 g/mol. The van der Waals surface area contributed by atoms with E-state index in [9.17, 15) is 9.59 Å². The number of esters is 1. The fourth-order valence-electron chi connectivity index (χ4n) is 2.77. The molecular weight excluding hydrogens is 318 g/mol. The number of pyridine rings is 2. The quantitative estimate of drug-likeness (QED) is 0.640. The number of carbonyl (C=O) groups excluding carboxylic acids is 1. The number of carbonyl (C=O) groups is 1. The van der Waals surface area contributed by atoms with Gasteiger partial charge in [0.25, 0.3) is 5.56 Å². The largest absolute Gasteiger partial charge is 0.407 e. The molecule has 0 amide bonds. The molecule has 0 aromatic carbocycles. The van der Waals surface area contributed by atoms with Gasteiger partial charge in [-0.2, -0.15) is 4.98 Å². The molecule has 0 saturated carbocycles. The molecule has 6 nitrogen and oxygen atoms in total. The van der Waals surface area contributed by atoms with E-state index in [0.717, 1.165) is 5.56 Å². The highest BCUT2D eigenvalue weighted by Gasteiger charge is 2.33. The average Bonchev–Trinajstić information content (AvgIpc) is 2.55. The Morgan fingerprint density at radius 3 is 2.91 bits per heavy atom. The molecule has 4 rings (SSSR count). The minimum absolute atomic E-state index is 0.0578. The van der Waals surface area contributed by atoms with Crippen molar-refractivity contribution >= 4 is 23.2 Å². The van der Waals surface area contributed by atoms with E-state index in [1.165, 1.54) is 10.6 Å². The highest BCUT2D eigenvalue weighted by atomic mass is 35.5. The number of nitrogens with zero attached hydrogens (tertiary/aromatic N) is 3. The molecule has 0 aliphatic carbocycles. The summed E-state index contributed by atoms with van der Waals surface area (Å²) in [6.45, 7) is 0. The zero-order valence-corrected chi connectivity index (χ0v) is 12.5. The lowest BCUT2D eigenvalue weighted by Gasteiger charge is -2.23. The Morgan fingerprint density at radius 1 is 1.26 bits per heavy atom. The van der Waals surface area contributed by atoms with Crippen LogP contribution >= 0.6 is 11.6 Å². The van der Waals surface area contributed by atoms with Crippen LogP contribution in [0.2, 0.25) is 5.02 Å². The van der Waals surface area contributed by atoms with Crippen molar-refractivity contribution in [2.75, 3.05) is 0 Å². The van der Waals surface area contributed by atoms with Crippen LogP contribution in [-0.4, -0.2) is 20.3 Å². The first kappa shape index (κ1) is 13.9. The van der Waals surface area contributed by atoms with Crippen LogP contribution in [0.1, 0.15) is 23.5 Å². The number of halogens is 1. The summed E-state index contributed by atoms with van der Waals surface area (Å²) in [6, 6.07) is 6.81. The van der Waals surface area contributed by atoms with Crippen LogP contribution in [-0.2, 0) is 4.79 Å². The predicted molar refractivity (Wildman–Crippen MR) is 82.8 cm³/mol. The summed E-state index contributed by atoms with van der Waals surface area (Å²) in [6.07, 6.45) is 4.85.